The summed E-state index contributed by atoms with van der Waals surface area (Å²) in [6.45, 7) is 2.12. The lowest BCUT2D eigenvalue weighted by molar-refractivity contribution is -0.138. The maximum atomic E-state index is 14.3. The summed E-state index contributed by atoms with van der Waals surface area (Å²) < 4.78 is 63.9. The van der Waals surface area contributed by atoms with Gasteiger partial charge in [-0.05, 0) is 42.7 Å². The van der Waals surface area contributed by atoms with Gasteiger partial charge < -0.3 is 14.3 Å². The Morgan fingerprint density at radius 3 is 2.44 bits per heavy atom. The minimum absolute atomic E-state index is 0.00268. The van der Waals surface area contributed by atoms with Crippen LogP contribution in [0.2, 0.25) is 0 Å². The van der Waals surface area contributed by atoms with Crippen molar-refractivity contribution in [3.05, 3.63) is 76.8 Å². The van der Waals surface area contributed by atoms with E-state index in [1.54, 1.807) is 6.07 Å². The molecule has 1 N–H and O–H groups in total. The molecule has 0 aliphatic heterocycles. The van der Waals surface area contributed by atoms with Gasteiger partial charge in [-0.1, -0.05) is 31.2 Å². The summed E-state index contributed by atoms with van der Waals surface area (Å²) in [6.07, 6.45) is -3.09. The van der Waals surface area contributed by atoms with Crippen molar-refractivity contribution in [2.75, 3.05) is 6.61 Å². The van der Waals surface area contributed by atoms with Crippen molar-refractivity contribution in [1.82, 2.24) is 0 Å². The summed E-state index contributed by atoms with van der Waals surface area (Å²) in [6, 6.07) is 11.0. The zero-order chi connectivity index (χ0) is 23.3. The Kier molecular flexibility index (Phi) is 7.22. The first-order valence-corrected chi connectivity index (χ1v) is 10.1. The maximum absolute atomic E-state index is 14.3. The van der Waals surface area contributed by atoms with E-state index in [0.717, 1.165) is 23.5 Å². The first kappa shape index (κ1) is 23.4. The molecule has 0 saturated carbocycles. The number of rotatable bonds is 9. The Balaban J connectivity index is 1.63. The van der Waals surface area contributed by atoms with E-state index in [1.165, 1.54) is 30.3 Å². The largest absolute Gasteiger partial charge is 0.490 e. The summed E-state index contributed by atoms with van der Waals surface area (Å²) in [5, 5.41) is 8.84. The minimum atomic E-state index is -4.39. The molecule has 0 spiro atoms. The summed E-state index contributed by atoms with van der Waals surface area (Å²) >= 11 is 0. The van der Waals surface area contributed by atoms with Crippen LogP contribution in [0.25, 0.3) is 11.3 Å². The van der Waals surface area contributed by atoms with Gasteiger partial charge in [-0.2, -0.15) is 13.2 Å². The number of hydrogen-bond acceptors (Lipinski definition) is 3. The van der Waals surface area contributed by atoms with E-state index in [2.05, 4.69) is 0 Å². The molecular formula is C24H22F4O4. The Hall–Kier alpha value is -3.29. The van der Waals surface area contributed by atoms with Gasteiger partial charge in [0.2, 0.25) is 0 Å². The van der Waals surface area contributed by atoms with Crippen molar-refractivity contribution in [2.24, 2.45) is 0 Å². The normalized spacial score (nSPS) is 11.5. The fourth-order valence-corrected chi connectivity index (χ4v) is 3.35. The number of hydrogen-bond donors (Lipinski definition) is 1. The molecule has 0 atom stereocenters. The average Bonchev–Trinajstić information content (AvgIpc) is 3.16. The van der Waals surface area contributed by atoms with Crippen LogP contribution < -0.4 is 4.74 Å². The standard InChI is InChI=1S/C24H22F4O4/c1-2-19-16(13-21(32-19)15-8-10-18(11-9-15)24(26,27)28)6-4-12-31-20-7-3-5-17(23(20)25)14-22(29)30/h3,5,7-11,13H,2,4,6,12,14H2,1H3,(H,29,30). The zero-order valence-electron chi connectivity index (χ0n) is 17.3. The van der Waals surface area contributed by atoms with Gasteiger partial charge in [0.1, 0.15) is 11.5 Å². The Morgan fingerprint density at radius 2 is 1.81 bits per heavy atom. The third-order valence-electron chi connectivity index (χ3n) is 4.95. The van der Waals surface area contributed by atoms with Crippen molar-refractivity contribution in [3.63, 3.8) is 0 Å². The Bertz CT molecular complexity index is 1070. The molecule has 1 heterocycles. The van der Waals surface area contributed by atoms with Gasteiger partial charge in [-0.15, -0.1) is 0 Å². The number of aryl methyl sites for hydroxylation is 2. The van der Waals surface area contributed by atoms with Crippen LogP contribution in [0.3, 0.4) is 0 Å². The lowest BCUT2D eigenvalue weighted by atomic mass is 10.1. The Labute approximate surface area is 182 Å². The molecule has 8 heteroatoms. The molecule has 3 rings (SSSR count). The number of carboxylic acids is 1. The summed E-state index contributed by atoms with van der Waals surface area (Å²) in [4.78, 5) is 10.8. The Morgan fingerprint density at radius 1 is 1.09 bits per heavy atom. The van der Waals surface area contributed by atoms with Crippen molar-refractivity contribution >= 4 is 5.97 Å². The lowest BCUT2D eigenvalue weighted by Gasteiger charge is -2.09. The molecule has 4 nitrogen and oxygen atoms in total. The number of halogens is 4. The first-order valence-electron chi connectivity index (χ1n) is 10.1. The molecule has 2 aromatic carbocycles. The molecule has 0 aliphatic carbocycles. The number of carboxylic acid groups (broad SMARTS) is 1. The van der Waals surface area contributed by atoms with Crippen LogP contribution in [0.4, 0.5) is 17.6 Å². The van der Waals surface area contributed by atoms with Crippen molar-refractivity contribution in [2.45, 2.75) is 38.8 Å². The molecule has 3 aromatic rings. The molecule has 32 heavy (non-hydrogen) atoms. The maximum Gasteiger partial charge on any atom is 0.416 e. The number of ether oxygens (including phenoxy) is 1. The fourth-order valence-electron chi connectivity index (χ4n) is 3.35. The minimum Gasteiger partial charge on any atom is -0.490 e. The topological polar surface area (TPSA) is 59.7 Å². The SMILES string of the molecule is CCc1oc(-c2ccc(C(F)(F)F)cc2)cc1CCCOc1cccc(CC(=O)O)c1F. The van der Waals surface area contributed by atoms with E-state index < -0.39 is 29.9 Å². The predicted molar refractivity (Wildman–Crippen MR) is 110 cm³/mol. The van der Waals surface area contributed by atoms with Crippen LogP contribution in [-0.4, -0.2) is 17.7 Å². The summed E-state index contributed by atoms with van der Waals surface area (Å²) in [5.74, 6) is -0.598. The van der Waals surface area contributed by atoms with Gasteiger partial charge in [0, 0.05) is 17.5 Å². The molecule has 170 valence electrons. The highest BCUT2D eigenvalue weighted by Gasteiger charge is 2.30. The van der Waals surface area contributed by atoms with Crippen LogP contribution in [0.1, 0.15) is 35.8 Å². The highest BCUT2D eigenvalue weighted by Crippen LogP contribution is 2.32. The molecule has 1 aromatic heterocycles. The smallest absolute Gasteiger partial charge is 0.416 e. The second kappa shape index (κ2) is 9.89. The number of alkyl halides is 3. The quantitative estimate of drug-likeness (QED) is 0.307. The second-order valence-corrected chi connectivity index (χ2v) is 7.24. The number of benzene rings is 2. The first-order chi connectivity index (χ1) is 15.2. The van der Waals surface area contributed by atoms with Crippen LogP contribution in [-0.2, 0) is 30.2 Å². The highest BCUT2D eigenvalue weighted by atomic mass is 19.4. The molecule has 0 fully saturated rings. The van der Waals surface area contributed by atoms with E-state index in [0.29, 0.717) is 30.6 Å². The van der Waals surface area contributed by atoms with Crippen LogP contribution in [0, 0.1) is 5.82 Å². The van der Waals surface area contributed by atoms with E-state index in [4.69, 9.17) is 14.3 Å². The average molecular weight is 450 g/mol. The van der Waals surface area contributed by atoms with Gasteiger partial charge in [0.15, 0.2) is 11.6 Å². The zero-order valence-corrected chi connectivity index (χ0v) is 17.3. The van der Waals surface area contributed by atoms with Gasteiger partial charge >= 0.3 is 12.1 Å². The van der Waals surface area contributed by atoms with Crippen molar-refractivity contribution < 1.29 is 36.6 Å². The van der Waals surface area contributed by atoms with Crippen molar-refractivity contribution in [3.8, 4) is 17.1 Å². The van der Waals surface area contributed by atoms with Gasteiger partial charge in [-0.25, -0.2) is 4.39 Å². The second-order valence-electron chi connectivity index (χ2n) is 7.24. The summed E-state index contributed by atoms with van der Waals surface area (Å²) in [5.41, 5.74) is 0.790. The van der Waals surface area contributed by atoms with E-state index in [1.807, 2.05) is 6.92 Å². The van der Waals surface area contributed by atoms with Gasteiger partial charge in [0.25, 0.3) is 0 Å². The molecule has 0 bridgehead atoms. The fraction of sp³-hybridized carbons (Fsp3) is 0.292. The van der Waals surface area contributed by atoms with Crippen LogP contribution in [0.15, 0.2) is 52.9 Å². The highest BCUT2D eigenvalue weighted by molar-refractivity contribution is 5.70. The number of furan rings is 1. The number of carbonyl (C=O) groups is 1. The molecular weight excluding hydrogens is 428 g/mol. The third kappa shape index (κ3) is 5.69. The van der Waals surface area contributed by atoms with E-state index in [9.17, 15) is 22.4 Å². The molecule has 0 unspecified atom stereocenters. The third-order valence-corrected chi connectivity index (χ3v) is 4.95. The molecule has 0 aliphatic rings. The molecule has 0 saturated heterocycles. The monoisotopic (exact) mass is 450 g/mol. The van der Waals surface area contributed by atoms with E-state index >= 15 is 0 Å². The van der Waals surface area contributed by atoms with Crippen molar-refractivity contribution in [1.29, 1.82) is 0 Å². The predicted octanol–water partition coefficient (Wildman–Crippen LogP) is 6.31. The molecule has 0 radical (unpaired) electrons. The molecule has 0 amide bonds. The van der Waals surface area contributed by atoms with Crippen LogP contribution in [0.5, 0.6) is 5.75 Å². The van der Waals surface area contributed by atoms with E-state index in [-0.39, 0.29) is 17.9 Å². The van der Waals surface area contributed by atoms with Gasteiger partial charge in [0.05, 0.1) is 18.6 Å². The number of aliphatic carboxylic acids is 1. The van der Waals surface area contributed by atoms with Crippen LogP contribution >= 0.6 is 0 Å². The van der Waals surface area contributed by atoms with Gasteiger partial charge in [-0.3, -0.25) is 4.79 Å². The lowest BCUT2D eigenvalue weighted by Crippen LogP contribution is -2.06. The summed E-state index contributed by atoms with van der Waals surface area (Å²) in [7, 11) is 0.